The number of benzene rings is 1. The Morgan fingerprint density at radius 1 is 1.19 bits per heavy atom. The molecule has 0 bridgehead atoms. The molecule has 2 aromatic rings. The summed E-state index contributed by atoms with van der Waals surface area (Å²) in [5.41, 5.74) is 0.804. The largest absolute Gasteiger partial charge is 0.245 e. The highest BCUT2D eigenvalue weighted by Crippen LogP contribution is 2.18. The fraction of sp³-hybridized carbons (Fsp3) is 0.143. The second-order valence-corrected chi connectivity index (χ2v) is 6.56. The molecule has 0 amide bonds. The SMILES string of the molecule is N#CCN(Cc1ccccc1)S(=O)(=O)c1ccc(Cl)nc1. The summed E-state index contributed by atoms with van der Waals surface area (Å²) < 4.78 is 26.2. The van der Waals surface area contributed by atoms with Gasteiger partial charge < -0.3 is 0 Å². The minimum absolute atomic E-state index is 0.0121. The van der Waals surface area contributed by atoms with Crippen LogP contribution in [0.15, 0.2) is 53.6 Å². The number of nitriles is 1. The number of halogens is 1. The number of pyridine rings is 1. The summed E-state index contributed by atoms with van der Waals surface area (Å²) in [6, 6.07) is 13.7. The predicted octanol–water partition coefficient (Wildman–Crippen LogP) is 2.45. The summed E-state index contributed by atoms with van der Waals surface area (Å²) in [7, 11) is -3.79. The molecule has 0 saturated carbocycles. The topological polar surface area (TPSA) is 74.1 Å². The van der Waals surface area contributed by atoms with Crippen LogP contribution in [0.5, 0.6) is 0 Å². The first-order valence-electron chi connectivity index (χ1n) is 6.06. The van der Waals surface area contributed by atoms with Gasteiger partial charge in [0, 0.05) is 12.7 Å². The average molecular weight is 322 g/mol. The first kappa shape index (κ1) is 15.4. The van der Waals surface area contributed by atoms with Gasteiger partial charge in [0.05, 0.1) is 6.07 Å². The van der Waals surface area contributed by atoms with Gasteiger partial charge in [-0.1, -0.05) is 41.9 Å². The second-order valence-electron chi connectivity index (χ2n) is 4.23. The molecule has 108 valence electrons. The van der Waals surface area contributed by atoms with Gasteiger partial charge in [0.15, 0.2) is 0 Å². The van der Waals surface area contributed by atoms with Gasteiger partial charge in [-0.15, -0.1) is 0 Å². The normalized spacial score (nSPS) is 11.3. The van der Waals surface area contributed by atoms with Gasteiger partial charge in [0.1, 0.15) is 16.6 Å². The summed E-state index contributed by atoms with van der Waals surface area (Å²) in [4.78, 5) is 3.78. The van der Waals surface area contributed by atoms with Crippen LogP contribution >= 0.6 is 11.6 Å². The molecule has 2 rings (SSSR count). The third-order valence-corrected chi connectivity index (χ3v) is 4.79. The highest BCUT2D eigenvalue weighted by Gasteiger charge is 2.24. The molecule has 0 N–H and O–H groups in total. The van der Waals surface area contributed by atoms with Crippen molar-refractivity contribution in [2.45, 2.75) is 11.4 Å². The van der Waals surface area contributed by atoms with Crippen molar-refractivity contribution in [3.05, 3.63) is 59.4 Å². The zero-order valence-corrected chi connectivity index (χ0v) is 12.5. The van der Waals surface area contributed by atoms with Crippen molar-refractivity contribution < 1.29 is 8.42 Å². The van der Waals surface area contributed by atoms with E-state index in [9.17, 15) is 8.42 Å². The van der Waals surface area contributed by atoms with Crippen molar-refractivity contribution in [1.29, 1.82) is 5.26 Å². The lowest BCUT2D eigenvalue weighted by molar-refractivity contribution is 0.441. The predicted molar refractivity (Wildman–Crippen MR) is 78.9 cm³/mol. The van der Waals surface area contributed by atoms with E-state index in [0.29, 0.717) is 0 Å². The van der Waals surface area contributed by atoms with E-state index in [-0.39, 0.29) is 23.1 Å². The molecule has 0 aliphatic heterocycles. The van der Waals surface area contributed by atoms with Gasteiger partial charge in [0.2, 0.25) is 10.0 Å². The highest BCUT2D eigenvalue weighted by atomic mass is 35.5. The molecule has 0 unspecified atom stereocenters. The first-order chi connectivity index (χ1) is 10.0. The van der Waals surface area contributed by atoms with Crippen LogP contribution in [-0.2, 0) is 16.6 Å². The maximum absolute atomic E-state index is 12.5. The minimum Gasteiger partial charge on any atom is -0.243 e. The van der Waals surface area contributed by atoms with Gasteiger partial charge in [-0.25, -0.2) is 13.4 Å². The lowest BCUT2D eigenvalue weighted by Crippen LogP contribution is -2.31. The quantitative estimate of drug-likeness (QED) is 0.626. The molecule has 21 heavy (non-hydrogen) atoms. The summed E-state index contributed by atoms with van der Waals surface area (Å²) in [5, 5.41) is 9.09. The number of rotatable bonds is 5. The van der Waals surface area contributed by atoms with Crippen LogP contribution in [0.1, 0.15) is 5.56 Å². The number of aromatic nitrogens is 1. The van der Waals surface area contributed by atoms with Crippen molar-refractivity contribution in [2.75, 3.05) is 6.54 Å². The standard InChI is InChI=1S/C14H12ClN3O2S/c15-14-7-6-13(10-17-14)21(19,20)18(9-8-16)11-12-4-2-1-3-5-12/h1-7,10H,9,11H2. The Labute approximate surface area is 128 Å². The molecule has 0 aliphatic carbocycles. The van der Waals surface area contributed by atoms with E-state index in [4.69, 9.17) is 16.9 Å². The van der Waals surface area contributed by atoms with Crippen LogP contribution in [0, 0.1) is 11.3 Å². The molecule has 0 saturated heterocycles. The Bertz CT molecular complexity index is 740. The van der Waals surface area contributed by atoms with E-state index < -0.39 is 10.0 Å². The van der Waals surface area contributed by atoms with Crippen LogP contribution in [-0.4, -0.2) is 24.3 Å². The molecule has 1 aromatic heterocycles. The van der Waals surface area contributed by atoms with E-state index in [0.717, 1.165) is 9.87 Å². The number of nitrogens with zero attached hydrogens (tertiary/aromatic N) is 3. The molecule has 0 atom stereocenters. The Kier molecular flexibility index (Phi) is 4.91. The smallest absolute Gasteiger partial charge is 0.243 e. The van der Waals surface area contributed by atoms with E-state index in [1.54, 1.807) is 12.1 Å². The third-order valence-electron chi connectivity index (χ3n) is 2.79. The van der Waals surface area contributed by atoms with Gasteiger partial charge in [-0.3, -0.25) is 0 Å². The maximum Gasteiger partial charge on any atom is 0.245 e. The lowest BCUT2D eigenvalue weighted by Gasteiger charge is -2.19. The van der Waals surface area contributed by atoms with Crippen LogP contribution in [0.25, 0.3) is 0 Å². The van der Waals surface area contributed by atoms with E-state index >= 15 is 0 Å². The van der Waals surface area contributed by atoms with E-state index in [2.05, 4.69) is 4.98 Å². The Balaban J connectivity index is 2.32. The zero-order chi connectivity index (χ0) is 15.3. The molecule has 7 heteroatoms. The third kappa shape index (κ3) is 3.79. The summed E-state index contributed by atoms with van der Waals surface area (Å²) >= 11 is 5.66. The van der Waals surface area contributed by atoms with Gasteiger partial charge in [-0.2, -0.15) is 9.57 Å². The summed E-state index contributed by atoms with van der Waals surface area (Å²) in [6.45, 7) is -0.112. The molecule has 1 heterocycles. The Morgan fingerprint density at radius 3 is 2.48 bits per heavy atom. The Hall–Kier alpha value is -1.94. The van der Waals surface area contributed by atoms with Gasteiger partial charge in [0.25, 0.3) is 0 Å². The first-order valence-corrected chi connectivity index (χ1v) is 7.88. The Morgan fingerprint density at radius 2 is 1.90 bits per heavy atom. The fourth-order valence-electron chi connectivity index (χ4n) is 1.76. The number of hydrogen-bond donors (Lipinski definition) is 0. The number of hydrogen-bond acceptors (Lipinski definition) is 4. The minimum atomic E-state index is -3.79. The van der Waals surface area contributed by atoms with Crippen LogP contribution < -0.4 is 0 Å². The van der Waals surface area contributed by atoms with Crippen LogP contribution in [0.3, 0.4) is 0 Å². The molecule has 1 aromatic carbocycles. The fourth-order valence-corrected chi connectivity index (χ4v) is 3.14. The van der Waals surface area contributed by atoms with Gasteiger partial charge in [-0.05, 0) is 17.7 Å². The van der Waals surface area contributed by atoms with Crippen molar-refractivity contribution in [3.63, 3.8) is 0 Å². The zero-order valence-electron chi connectivity index (χ0n) is 11.0. The van der Waals surface area contributed by atoms with E-state index in [1.165, 1.54) is 18.3 Å². The van der Waals surface area contributed by atoms with Crippen LogP contribution in [0.4, 0.5) is 0 Å². The van der Waals surface area contributed by atoms with Crippen molar-refractivity contribution in [2.24, 2.45) is 0 Å². The van der Waals surface area contributed by atoms with Gasteiger partial charge >= 0.3 is 0 Å². The van der Waals surface area contributed by atoms with Crippen molar-refractivity contribution >= 4 is 21.6 Å². The average Bonchev–Trinajstić information content (AvgIpc) is 2.48. The highest BCUT2D eigenvalue weighted by molar-refractivity contribution is 7.89. The maximum atomic E-state index is 12.5. The second kappa shape index (κ2) is 6.68. The molecule has 0 fully saturated rings. The van der Waals surface area contributed by atoms with E-state index in [1.807, 2.05) is 24.3 Å². The number of sulfonamides is 1. The molecule has 0 radical (unpaired) electrons. The summed E-state index contributed by atoms with van der Waals surface area (Å²) in [6.07, 6.45) is 1.19. The lowest BCUT2D eigenvalue weighted by atomic mass is 10.2. The monoisotopic (exact) mass is 321 g/mol. The molecular weight excluding hydrogens is 310 g/mol. The molecular formula is C14H12ClN3O2S. The summed E-state index contributed by atoms with van der Waals surface area (Å²) in [5.74, 6) is 0. The van der Waals surface area contributed by atoms with Crippen molar-refractivity contribution in [1.82, 2.24) is 9.29 Å². The molecule has 0 aliphatic rings. The molecule has 5 nitrogen and oxygen atoms in total. The van der Waals surface area contributed by atoms with Crippen LogP contribution in [0.2, 0.25) is 5.15 Å². The molecule has 0 spiro atoms. The van der Waals surface area contributed by atoms with Crippen molar-refractivity contribution in [3.8, 4) is 6.07 Å².